The van der Waals surface area contributed by atoms with Gasteiger partial charge in [-0.1, -0.05) is 25.5 Å². The van der Waals surface area contributed by atoms with Crippen molar-refractivity contribution >= 4 is 11.7 Å². The van der Waals surface area contributed by atoms with E-state index in [-0.39, 0.29) is 18.0 Å². The van der Waals surface area contributed by atoms with Crippen LogP contribution >= 0.6 is 0 Å². The lowest BCUT2D eigenvalue weighted by Crippen LogP contribution is -2.26. The van der Waals surface area contributed by atoms with Gasteiger partial charge in [-0.15, -0.1) is 0 Å². The molecule has 20 heavy (non-hydrogen) atoms. The predicted octanol–water partition coefficient (Wildman–Crippen LogP) is 3.88. The molecule has 0 aliphatic heterocycles. The van der Waals surface area contributed by atoms with Crippen molar-refractivity contribution < 1.29 is 9.53 Å². The van der Waals surface area contributed by atoms with Gasteiger partial charge in [0, 0.05) is 5.69 Å². The number of ether oxygens (including phenoxy) is 1. The van der Waals surface area contributed by atoms with E-state index in [1.807, 2.05) is 31.2 Å². The van der Waals surface area contributed by atoms with E-state index in [2.05, 4.69) is 6.92 Å². The molecule has 1 aliphatic carbocycles. The number of hydrogen-bond donors (Lipinski definition) is 1. The van der Waals surface area contributed by atoms with Gasteiger partial charge >= 0.3 is 5.97 Å². The van der Waals surface area contributed by atoms with Gasteiger partial charge in [-0.05, 0) is 56.2 Å². The average Bonchev–Trinajstić information content (AvgIpc) is 2.47. The molecule has 0 bridgehead atoms. The van der Waals surface area contributed by atoms with Crippen LogP contribution in [0.25, 0.3) is 0 Å². The lowest BCUT2D eigenvalue weighted by molar-refractivity contribution is -0.152. The lowest BCUT2D eigenvalue weighted by atomic mass is 9.86. The van der Waals surface area contributed by atoms with Crippen molar-refractivity contribution in [3.63, 3.8) is 0 Å². The molecule has 1 aromatic rings. The number of benzene rings is 1. The summed E-state index contributed by atoms with van der Waals surface area (Å²) in [5.74, 6) is 0.439. The molecule has 1 fully saturated rings. The summed E-state index contributed by atoms with van der Waals surface area (Å²) in [6, 6.07) is 7.48. The Hall–Kier alpha value is -1.51. The van der Waals surface area contributed by atoms with Crippen molar-refractivity contribution in [2.45, 2.75) is 58.0 Å². The van der Waals surface area contributed by atoms with Gasteiger partial charge in [0.25, 0.3) is 0 Å². The summed E-state index contributed by atoms with van der Waals surface area (Å²) in [5, 5.41) is 0. The smallest absolute Gasteiger partial charge is 0.313 e. The molecule has 3 heteroatoms. The van der Waals surface area contributed by atoms with E-state index in [0.717, 1.165) is 24.3 Å². The molecular weight excluding hydrogens is 250 g/mol. The number of rotatable bonds is 4. The Kier molecular flexibility index (Phi) is 5.05. The highest BCUT2D eigenvalue weighted by Crippen LogP contribution is 2.29. The fraction of sp³-hybridized carbons (Fsp3) is 0.588. The van der Waals surface area contributed by atoms with Crippen LogP contribution < -0.4 is 5.73 Å². The second kappa shape index (κ2) is 6.78. The Morgan fingerprint density at radius 2 is 2.05 bits per heavy atom. The van der Waals surface area contributed by atoms with E-state index >= 15 is 0 Å². The van der Waals surface area contributed by atoms with E-state index in [1.54, 1.807) is 0 Å². The van der Waals surface area contributed by atoms with Gasteiger partial charge in [0.1, 0.15) is 6.10 Å². The molecule has 1 aliphatic rings. The molecule has 2 rings (SSSR count). The topological polar surface area (TPSA) is 52.3 Å². The highest BCUT2D eigenvalue weighted by molar-refractivity contribution is 5.78. The second-order valence-electron chi connectivity index (χ2n) is 5.88. The monoisotopic (exact) mass is 275 g/mol. The van der Waals surface area contributed by atoms with Crippen molar-refractivity contribution in [2.24, 2.45) is 5.92 Å². The van der Waals surface area contributed by atoms with Gasteiger partial charge in [0.05, 0.1) is 5.92 Å². The number of nitrogen functional groups attached to an aromatic ring is 1. The van der Waals surface area contributed by atoms with Crippen LogP contribution in [-0.4, -0.2) is 12.1 Å². The molecule has 0 spiro atoms. The molecular formula is C17H25NO2. The second-order valence-corrected chi connectivity index (χ2v) is 5.88. The van der Waals surface area contributed by atoms with E-state index in [9.17, 15) is 4.79 Å². The molecule has 0 radical (unpaired) electrons. The van der Waals surface area contributed by atoms with E-state index < -0.39 is 0 Å². The predicted molar refractivity (Wildman–Crippen MR) is 81.4 cm³/mol. The highest BCUT2D eigenvalue weighted by Gasteiger charge is 2.25. The van der Waals surface area contributed by atoms with E-state index in [1.165, 1.54) is 19.3 Å². The van der Waals surface area contributed by atoms with Gasteiger partial charge in [-0.3, -0.25) is 4.79 Å². The highest BCUT2D eigenvalue weighted by atomic mass is 16.5. The van der Waals surface area contributed by atoms with Crippen LogP contribution in [0.4, 0.5) is 5.69 Å². The van der Waals surface area contributed by atoms with E-state index in [4.69, 9.17) is 10.5 Å². The first-order chi connectivity index (χ1) is 9.60. The third-order valence-electron chi connectivity index (χ3n) is 4.42. The Bertz CT molecular complexity index is 450. The SMILES string of the molecule is CCC1CCC(OC(=O)C(C)c2cccc(N)c2)CC1. The molecule has 1 atom stereocenters. The van der Waals surface area contributed by atoms with Crippen LogP contribution in [0.3, 0.4) is 0 Å². The number of nitrogens with two attached hydrogens (primary N) is 1. The maximum absolute atomic E-state index is 12.2. The summed E-state index contributed by atoms with van der Waals surface area (Å²) >= 11 is 0. The van der Waals surface area contributed by atoms with Gasteiger partial charge in [0.2, 0.25) is 0 Å². The molecule has 1 saturated carbocycles. The number of carbonyl (C=O) groups is 1. The van der Waals surface area contributed by atoms with Crippen LogP contribution in [-0.2, 0) is 9.53 Å². The maximum atomic E-state index is 12.2. The van der Waals surface area contributed by atoms with Crippen molar-refractivity contribution in [3.8, 4) is 0 Å². The fourth-order valence-electron chi connectivity index (χ4n) is 2.89. The number of esters is 1. The summed E-state index contributed by atoms with van der Waals surface area (Å²) in [7, 11) is 0. The molecule has 2 N–H and O–H groups in total. The van der Waals surface area contributed by atoms with Gasteiger partial charge in [-0.25, -0.2) is 0 Å². The first-order valence-corrected chi connectivity index (χ1v) is 7.66. The molecule has 0 saturated heterocycles. The van der Waals surface area contributed by atoms with Crippen LogP contribution in [0.2, 0.25) is 0 Å². The van der Waals surface area contributed by atoms with E-state index in [0.29, 0.717) is 5.69 Å². The summed E-state index contributed by atoms with van der Waals surface area (Å²) in [5.41, 5.74) is 7.37. The van der Waals surface area contributed by atoms with Crippen LogP contribution in [0.5, 0.6) is 0 Å². The number of carbonyl (C=O) groups excluding carboxylic acids is 1. The average molecular weight is 275 g/mol. The Morgan fingerprint density at radius 1 is 1.35 bits per heavy atom. The van der Waals surface area contributed by atoms with Gasteiger partial charge < -0.3 is 10.5 Å². The number of anilines is 1. The molecule has 0 aromatic heterocycles. The third-order valence-corrected chi connectivity index (χ3v) is 4.42. The molecule has 3 nitrogen and oxygen atoms in total. The molecule has 0 amide bonds. The summed E-state index contributed by atoms with van der Waals surface area (Å²) in [6.45, 7) is 4.12. The van der Waals surface area contributed by atoms with Crippen LogP contribution in [0.15, 0.2) is 24.3 Å². The van der Waals surface area contributed by atoms with Crippen molar-refractivity contribution in [1.82, 2.24) is 0 Å². The summed E-state index contributed by atoms with van der Waals surface area (Å²) in [4.78, 5) is 12.2. The third kappa shape index (κ3) is 3.75. The molecule has 0 heterocycles. The number of hydrogen-bond acceptors (Lipinski definition) is 3. The molecule has 1 aromatic carbocycles. The largest absolute Gasteiger partial charge is 0.462 e. The minimum absolute atomic E-state index is 0.105. The van der Waals surface area contributed by atoms with Crippen molar-refractivity contribution in [2.75, 3.05) is 5.73 Å². The summed E-state index contributed by atoms with van der Waals surface area (Å²) in [6.07, 6.45) is 5.72. The first-order valence-electron chi connectivity index (χ1n) is 7.66. The van der Waals surface area contributed by atoms with Gasteiger partial charge in [-0.2, -0.15) is 0 Å². The van der Waals surface area contributed by atoms with Crippen molar-refractivity contribution in [3.05, 3.63) is 29.8 Å². The lowest BCUT2D eigenvalue weighted by Gasteiger charge is -2.28. The Morgan fingerprint density at radius 3 is 2.65 bits per heavy atom. The van der Waals surface area contributed by atoms with Crippen molar-refractivity contribution in [1.29, 1.82) is 0 Å². The quantitative estimate of drug-likeness (QED) is 0.670. The first kappa shape index (κ1) is 14.9. The van der Waals surface area contributed by atoms with Gasteiger partial charge in [0.15, 0.2) is 0 Å². The summed E-state index contributed by atoms with van der Waals surface area (Å²) < 4.78 is 5.66. The van der Waals surface area contributed by atoms with Crippen LogP contribution in [0.1, 0.15) is 57.4 Å². The zero-order valence-electron chi connectivity index (χ0n) is 12.5. The normalized spacial score (nSPS) is 24.1. The standard InChI is InChI=1S/C17H25NO2/c1-3-13-7-9-16(10-8-13)20-17(19)12(2)14-5-4-6-15(18)11-14/h4-6,11-13,16H,3,7-10,18H2,1-2H3. The molecule has 1 unspecified atom stereocenters. The Labute approximate surface area is 121 Å². The molecule has 110 valence electrons. The maximum Gasteiger partial charge on any atom is 0.313 e. The minimum atomic E-state index is -0.248. The van der Waals surface area contributed by atoms with Crippen LogP contribution in [0, 0.1) is 5.92 Å². The fourth-order valence-corrected chi connectivity index (χ4v) is 2.89. The Balaban J connectivity index is 1.89. The zero-order chi connectivity index (χ0) is 14.5. The zero-order valence-corrected chi connectivity index (χ0v) is 12.5. The minimum Gasteiger partial charge on any atom is -0.462 e.